The van der Waals surface area contributed by atoms with Crippen molar-refractivity contribution in [2.45, 2.75) is 6.54 Å². The van der Waals surface area contributed by atoms with Crippen LogP contribution in [0.1, 0.15) is 20.1 Å². The second-order valence-corrected chi connectivity index (χ2v) is 5.75. The molecule has 0 saturated heterocycles. The van der Waals surface area contributed by atoms with Crippen LogP contribution in [-0.2, 0) is 11.3 Å². The first-order valence-corrected chi connectivity index (χ1v) is 7.28. The number of amides is 1. The topological polar surface area (TPSA) is 66.4 Å². The zero-order valence-corrected chi connectivity index (χ0v) is 12.4. The number of benzene rings is 1. The fourth-order valence-electron chi connectivity index (χ4n) is 1.64. The van der Waals surface area contributed by atoms with Gasteiger partial charge in [-0.3, -0.25) is 4.79 Å². The van der Waals surface area contributed by atoms with Gasteiger partial charge in [0.15, 0.2) is 0 Å². The maximum Gasteiger partial charge on any atom is 0.328 e. The third kappa shape index (κ3) is 4.44. The van der Waals surface area contributed by atoms with E-state index < -0.39 is 5.97 Å². The molecule has 0 unspecified atom stereocenters. The minimum Gasteiger partial charge on any atom is -0.478 e. The highest BCUT2D eigenvalue weighted by molar-refractivity contribution is 7.12. The molecule has 1 aromatic carbocycles. The van der Waals surface area contributed by atoms with Gasteiger partial charge in [-0.1, -0.05) is 23.7 Å². The van der Waals surface area contributed by atoms with Crippen molar-refractivity contribution in [1.82, 2.24) is 5.32 Å². The van der Waals surface area contributed by atoms with E-state index in [0.29, 0.717) is 17.1 Å². The number of carbonyl (C=O) groups is 2. The average Bonchev–Trinajstić information content (AvgIpc) is 2.91. The van der Waals surface area contributed by atoms with Crippen molar-refractivity contribution in [3.8, 4) is 0 Å². The van der Waals surface area contributed by atoms with E-state index in [0.717, 1.165) is 15.8 Å². The lowest BCUT2D eigenvalue weighted by Crippen LogP contribution is -2.22. The number of halogens is 1. The summed E-state index contributed by atoms with van der Waals surface area (Å²) in [5, 5.41) is 11.7. The summed E-state index contributed by atoms with van der Waals surface area (Å²) >= 11 is 7.37. The molecule has 6 heteroatoms. The highest BCUT2D eigenvalue weighted by Crippen LogP contribution is 2.19. The van der Waals surface area contributed by atoms with E-state index in [1.165, 1.54) is 17.4 Å². The number of carboxylic acids is 1. The second-order valence-electron chi connectivity index (χ2n) is 4.14. The molecule has 0 saturated carbocycles. The van der Waals surface area contributed by atoms with Crippen LogP contribution in [0.25, 0.3) is 6.08 Å². The standard InChI is InChI=1S/C15H12ClNO3S/c16-13-4-2-1-3-12(13)15(20)17-9-11-6-5-10(21-11)7-8-14(18)19/h1-8H,9H2,(H,17,20)(H,18,19). The minimum absolute atomic E-state index is 0.239. The van der Waals surface area contributed by atoms with Crippen LogP contribution >= 0.6 is 22.9 Å². The first-order chi connectivity index (χ1) is 10.1. The molecule has 0 aliphatic rings. The molecule has 0 radical (unpaired) electrons. The molecule has 0 aliphatic heterocycles. The number of carbonyl (C=O) groups excluding carboxylic acids is 1. The number of hydrogen-bond acceptors (Lipinski definition) is 3. The van der Waals surface area contributed by atoms with Gasteiger partial charge in [0, 0.05) is 15.8 Å². The molecule has 0 atom stereocenters. The Morgan fingerprint density at radius 3 is 2.71 bits per heavy atom. The van der Waals surface area contributed by atoms with Crippen LogP contribution in [-0.4, -0.2) is 17.0 Å². The highest BCUT2D eigenvalue weighted by Gasteiger charge is 2.09. The average molecular weight is 322 g/mol. The van der Waals surface area contributed by atoms with Crippen molar-refractivity contribution in [1.29, 1.82) is 0 Å². The lowest BCUT2D eigenvalue weighted by Gasteiger charge is -2.05. The SMILES string of the molecule is O=C(O)C=Cc1ccc(CNC(=O)c2ccccc2Cl)s1. The molecule has 2 rings (SSSR count). The Morgan fingerprint density at radius 1 is 1.24 bits per heavy atom. The summed E-state index contributed by atoms with van der Waals surface area (Å²) in [5.74, 6) is -1.23. The third-order valence-electron chi connectivity index (χ3n) is 2.61. The molecule has 0 fully saturated rings. The summed E-state index contributed by atoms with van der Waals surface area (Å²) in [6.07, 6.45) is 2.60. The zero-order chi connectivity index (χ0) is 15.2. The maximum absolute atomic E-state index is 12.0. The molecule has 1 aromatic heterocycles. The number of thiophene rings is 1. The second kappa shape index (κ2) is 7.06. The van der Waals surface area contributed by atoms with Gasteiger partial charge in [-0.2, -0.15) is 0 Å². The monoisotopic (exact) mass is 321 g/mol. The molecule has 0 aliphatic carbocycles. The molecular formula is C15H12ClNO3S. The van der Waals surface area contributed by atoms with Crippen LogP contribution in [0.4, 0.5) is 0 Å². The molecule has 21 heavy (non-hydrogen) atoms. The van der Waals surface area contributed by atoms with Gasteiger partial charge in [0.05, 0.1) is 17.1 Å². The maximum atomic E-state index is 12.0. The lowest BCUT2D eigenvalue weighted by molar-refractivity contribution is -0.131. The first-order valence-electron chi connectivity index (χ1n) is 6.08. The smallest absolute Gasteiger partial charge is 0.328 e. The number of hydrogen-bond donors (Lipinski definition) is 2. The van der Waals surface area contributed by atoms with Crippen LogP contribution in [0.5, 0.6) is 0 Å². The summed E-state index contributed by atoms with van der Waals surface area (Å²) < 4.78 is 0. The molecule has 1 heterocycles. The van der Waals surface area contributed by atoms with E-state index in [9.17, 15) is 9.59 Å². The van der Waals surface area contributed by atoms with Gasteiger partial charge in [0.25, 0.3) is 5.91 Å². The third-order valence-corrected chi connectivity index (χ3v) is 3.99. The van der Waals surface area contributed by atoms with Gasteiger partial charge in [0.2, 0.25) is 0 Å². The molecular weight excluding hydrogens is 310 g/mol. The van der Waals surface area contributed by atoms with E-state index in [2.05, 4.69) is 5.32 Å². The molecule has 1 amide bonds. The van der Waals surface area contributed by atoms with E-state index in [1.54, 1.807) is 30.3 Å². The van der Waals surface area contributed by atoms with Crippen molar-refractivity contribution >= 4 is 40.9 Å². The quantitative estimate of drug-likeness (QED) is 0.829. The predicted octanol–water partition coefficient (Wildman–Crippen LogP) is 3.43. The van der Waals surface area contributed by atoms with Crippen LogP contribution < -0.4 is 5.32 Å². The Kier molecular flexibility index (Phi) is 5.14. The van der Waals surface area contributed by atoms with Crippen LogP contribution in [0, 0.1) is 0 Å². The van der Waals surface area contributed by atoms with Crippen molar-refractivity contribution in [3.63, 3.8) is 0 Å². The van der Waals surface area contributed by atoms with Gasteiger partial charge >= 0.3 is 5.97 Å². The molecule has 0 spiro atoms. The number of carboxylic acid groups (broad SMARTS) is 1. The summed E-state index contributed by atoms with van der Waals surface area (Å²) in [6, 6.07) is 10.5. The highest BCUT2D eigenvalue weighted by atomic mass is 35.5. The number of nitrogens with one attached hydrogen (secondary N) is 1. The van der Waals surface area contributed by atoms with Crippen LogP contribution in [0.2, 0.25) is 5.02 Å². The number of rotatable bonds is 5. The van der Waals surface area contributed by atoms with Crippen LogP contribution in [0.15, 0.2) is 42.5 Å². The zero-order valence-electron chi connectivity index (χ0n) is 10.9. The summed E-state index contributed by atoms with van der Waals surface area (Å²) in [7, 11) is 0. The first kappa shape index (κ1) is 15.3. The van der Waals surface area contributed by atoms with E-state index in [4.69, 9.17) is 16.7 Å². The van der Waals surface area contributed by atoms with Gasteiger partial charge < -0.3 is 10.4 Å². The van der Waals surface area contributed by atoms with Crippen molar-refractivity contribution in [2.24, 2.45) is 0 Å². The Labute approximate surface area is 130 Å². The van der Waals surface area contributed by atoms with Crippen molar-refractivity contribution < 1.29 is 14.7 Å². The Hall–Kier alpha value is -2.11. The summed E-state index contributed by atoms with van der Waals surface area (Å²) in [6.45, 7) is 0.371. The van der Waals surface area contributed by atoms with E-state index in [-0.39, 0.29) is 5.91 Å². The Balaban J connectivity index is 1.96. The summed E-state index contributed by atoms with van der Waals surface area (Å²) in [5.41, 5.74) is 0.432. The minimum atomic E-state index is -0.989. The Morgan fingerprint density at radius 2 is 2.00 bits per heavy atom. The van der Waals surface area contributed by atoms with E-state index in [1.807, 2.05) is 6.07 Å². The number of aliphatic carboxylic acids is 1. The molecule has 2 aromatic rings. The van der Waals surface area contributed by atoms with Gasteiger partial charge in [0.1, 0.15) is 0 Å². The van der Waals surface area contributed by atoms with Gasteiger partial charge in [-0.15, -0.1) is 11.3 Å². The summed E-state index contributed by atoms with van der Waals surface area (Å²) in [4.78, 5) is 24.2. The van der Waals surface area contributed by atoms with Crippen molar-refractivity contribution in [2.75, 3.05) is 0 Å². The van der Waals surface area contributed by atoms with Crippen LogP contribution in [0.3, 0.4) is 0 Å². The van der Waals surface area contributed by atoms with E-state index >= 15 is 0 Å². The molecule has 4 nitrogen and oxygen atoms in total. The van der Waals surface area contributed by atoms with Crippen molar-refractivity contribution in [3.05, 3.63) is 62.8 Å². The normalized spacial score (nSPS) is 10.7. The predicted molar refractivity (Wildman–Crippen MR) is 83.6 cm³/mol. The fourth-order valence-corrected chi connectivity index (χ4v) is 2.72. The lowest BCUT2D eigenvalue weighted by atomic mass is 10.2. The van der Waals surface area contributed by atoms with Gasteiger partial charge in [-0.25, -0.2) is 4.79 Å². The largest absolute Gasteiger partial charge is 0.478 e. The molecule has 2 N–H and O–H groups in total. The fraction of sp³-hybridized carbons (Fsp3) is 0.0667. The van der Waals surface area contributed by atoms with Gasteiger partial charge in [-0.05, 0) is 30.3 Å². The molecule has 0 bridgehead atoms. The molecule has 108 valence electrons. The Bertz CT molecular complexity index is 694.